The van der Waals surface area contributed by atoms with E-state index in [4.69, 9.17) is 11.6 Å². The van der Waals surface area contributed by atoms with Gasteiger partial charge in [-0.2, -0.15) is 4.99 Å². The predicted molar refractivity (Wildman–Crippen MR) is 97.8 cm³/mol. The molecule has 0 aliphatic carbocycles. The van der Waals surface area contributed by atoms with Crippen LogP contribution in [0.5, 0.6) is 0 Å². The summed E-state index contributed by atoms with van der Waals surface area (Å²) in [6.45, 7) is 3.38. The minimum atomic E-state index is -0.786. The van der Waals surface area contributed by atoms with Crippen LogP contribution in [-0.4, -0.2) is 45.1 Å². The molecule has 2 heterocycles. The lowest BCUT2D eigenvalue weighted by molar-refractivity contribution is -0.132. The van der Waals surface area contributed by atoms with Gasteiger partial charge in [0, 0.05) is 13.0 Å². The van der Waals surface area contributed by atoms with E-state index < -0.39 is 23.6 Å². The average Bonchev–Trinajstić information content (AvgIpc) is 3.01. The fourth-order valence-corrected chi connectivity index (χ4v) is 2.72. The highest BCUT2D eigenvalue weighted by Crippen LogP contribution is 2.21. The number of amidine groups is 1. The van der Waals surface area contributed by atoms with Crippen molar-refractivity contribution in [2.24, 2.45) is 10.9 Å². The average molecular weight is 389 g/mol. The van der Waals surface area contributed by atoms with E-state index in [1.165, 1.54) is 11.6 Å². The Morgan fingerprint density at radius 3 is 2.78 bits per heavy atom. The van der Waals surface area contributed by atoms with Crippen LogP contribution in [0.3, 0.4) is 0 Å². The number of nitrogens with one attached hydrogen (secondary N) is 2. The number of rotatable bonds is 5. The van der Waals surface area contributed by atoms with E-state index >= 15 is 0 Å². The molecule has 3 amide bonds. The Bertz CT molecular complexity index is 952. The summed E-state index contributed by atoms with van der Waals surface area (Å²) in [7, 11) is 0. The van der Waals surface area contributed by atoms with Crippen molar-refractivity contribution in [1.29, 1.82) is 0 Å². The first-order chi connectivity index (χ1) is 12.9. The van der Waals surface area contributed by atoms with Crippen LogP contribution in [0.15, 0.2) is 29.3 Å². The summed E-state index contributed by atoms with van der Waals surface area (Å²) >= 11 is 6.16. The number of benzene rings is 1. The Morgan fingerprint density at radius 2 is 2.07 bits per heavy atom. The first-order valence-corrected chi connectivity index (χ1v) is 8.64. The molecule has 3 rings (SSSR count). The van der Waals surface area contributed by atoms with Crippen LogP contribution in [0, 0.1) is 12.8 Å². The molecule has 0 saturated heterocycles. The predicted octanol–water partition coefficient (Wildman–Crippen LogP) is 1.04. The molecule has 140 valence electrons. The van der Waals surface area contributed by atoms with Gasteiger partial charge >= 0.3 is 0 Å². The molecule has 10 heteroatoms. The fourth-order valence-electron chi connectivity index (χ4n) is 2.51. The molecule has 27 heavy (non-hydrogen) atoms. The molecule has 1 aliphatic heterocycles. The number of carbonyl (C=O) groups excluding carboxylic acids is 3. The molecule has 1 aromatic carbocycles. The molecular weight excluding hydrogens is 372 g/mol. The summed E-state index contributed by atoms with van der Waals surface area (Å²) in [6, 6.07) is 7.10. The topological polar surface area (TPSA) is 118 Å². The SMILES string of the molecule is Cc1c(C(=O)NCCC2=NC(=O)C(C)C(=O)N2)nnn1-c1ccccc1Cl. The second-order valence-electron chi connectivity index (χ2n) is 6.00. The first kappa shape index (κ1) is 18.7. The summed E-state index contributed by atoms with van der Waals surface area (Å²) in [5.74, 6) is -1.85. The quantitative estimate of drug-likeness (QED) is 0.742. The van der Waals surface area contributed by atoms with E-state index in [1.54, 1.807) is 25.1 Å². The zero-order chi connectivity index (χ0) is 19.6. The fraction of sp³-hybridized carbons (Fsp3) is 0.294. The van der Waals surface area contributed by atoms with Crippen molar-refractivity contribution in [3.05, 3.63) is 40.7 Å². The first-order valence-electron chi connectivity index (χ1n) is 8.26. The van der Waals surface area contributed by atoms with Crippen molar-refractivity contribution < 1.29 is 14.4 Å². The third-order valence-electron chi connectivity index (χ3n) is 4.11. The minimum Gasteiger partial charge on any atom is -0.350 e. The van der Waals surface area contributed by atoms with Gasteiger partial charge in [-0.1, -0.05) is 28.9 Å². The third kappa shape index (κ3) is 3.87. The third-order valence-corrected chi connectivity index (χ3v) is 4.43. The zero-order valence-corrected chi connectivity index (χ0v) is 15.4. The molecule has 0 bridgehead atoms. The number of para-hydroxylation sites is 1. The van der Waals surface area contributed by atoms with Gasteiger partial charge in [0.2, 0.25) is 5.91 Å². The van der Waals surface area contributed by atoms with Crippen LogP contribution in [0.2, 0.25) is 5.02 Å². The van der Waals surface area contributed by atoms with E-state index in [1.807, 2.05) is 6.07 Å². The number of nitrogens with zero attached hydrogens (tertiary/aromatic N) is 4. The Labute approximate surface area is 159 Å². The lowest BCUT2D eigenvalue weighted by Crippen LogP contribution is -2.44. The molecule has 2 N–H and O–H groups in total. The van der Waals surface area contributed by atoms with Crippen molar-refractivity contribution in [2.75, 3.05) is 6.54 Å². The van der Waals surface area contributed by atoms with Gasteiger partial charge in [-0.05, 0) is 26.0 Å². The Kier molecular flexibility index (Phi) is 5.31. The number of hydrogen-bond donors (Lipinski definition) is 2. The van der Waals surface area contributed by atoms with Crippen molar-refractivity contribution in [3.63, 3.8) is 0 Å². The molecule has 1 atom stereocenters. The maximum Gasteiger partial charge on any atom is 0.273 e. The number of amides is 3. The lowest BCUT2D eigenvalue weighted by atomic mass is 10.1. The van der Waals surface area contributed by atoms with Crippen LogP contribution in [-0.2, 0) is 9.59 Å². The van der Waals surface area contributed by atoms with E-state index in [0.717, 1.165) is 0 Å². The van der Waals surface area contributed by atoms with Gasteiger partial charge < -0.3 is 10.6 Å². The lowest BCUT2D eigenvalue weighted by Gasteiger charge is -2.17. The zero-order valence-electron chi connectivity index (χ0n) is 14.7. The number of aliphatic imine (C=N–C) groups is 1. The van der Waals surface area contributed by atoms with E-state index in [0.29, 0.717) is 16.4 Å². The molecule has 9 nitrogen and oxygen atoms in total. The standard InChI is InChI=1S/C17H17ClN6O3/c1-9-15(25)20-13(21-16(9)26)7-8-19-17(27)14-10(2)24(23-22-14)12-6-4-3-5-11(12)18/h3-6,9H,7-8H2,1-2H3,(H,19,27)(H,20,21,25,26). The van der Waals surface area contributed by atoms with Crippen LogP contribution >= 0.6 is 11.6 Å². The molecular formula is C17H17ClN6O3. The number of carbonyl (C=O) groups is 3. The number of halogens is 1. The van der Waals surface area contributed by atoms with E-state index in [9.17, 15) is 14.4 Å². The van der Waals surface area contributed by atoms with Gasteiger partial charge in [-0.15, -0.1) is 5.10 Å². The summed E-state index contributed by atoms with van der Waals surface area (Å²) in [6.07, 6.45) is 0.216. The molecule has 0 radical (unpaired) electrons. The van der Waals surface area contributed by atoms with Gasteiger partial charge in [-0.3, -0.25) is 14.4 Å². The molecule has 0 spiro atoms. The summed E-state index contributed by atoms with van der Waals surface area (Å²) in [5, 5.41) is 13.6. The number of hydrogen-bond acceptors (Lipinski definition) is 5. The van der Waals surface area contributed by atoms with Gasteiger partial charge in [0.05, 0.1) is 16.4 Å². The largest absolute Gasteiger partial charge is 0.350 e. The second kappa shape index (κ2) is 7.67. The molecule has 0 fully saturated rings. The maximum absolute atomic E-state index is 12.4. The van der Waals surface area contributed by atoms with Crippen molar-refractivity contribution >= 4 is 35.2 Å². The van der Waals surface area contributed by atoms with Crippen molar-refractivity contribution in [1.82, 2.24) is 25.6 Å². The van der Waals surface area contributed by atoms with Gasteiger partial charge in [0.1, 0.15) is 11.8 Å². The van der Waals surface area contributed by atoms with Crippen LogP contribution in [0.1, 0.15) is 29.5 Å². The Hall–Kier alpha value is -3.07. The van der Waals surface area contributed by atoms with E-state index in [2.05, 4.69) is 25.9 Å². The normalized spacial score (nSPS) is 16.7. The summed E-state index contributed by atoms with van der Waals surface area (Å²) < 4.78 is 1.49. The van der Waals surface area contributed by atoms with Crippen molar-refractivity contribution in [2.45, 2.75) is 20.3 Å². The minimum absolute atomic E-state index is 0.161. The monoisotopic (exact) mass is 388 g/mol. The second-order valence-corrected chi connectivity index (χ2v) is 6.41. The van der Waals surface area contributed by atoms with Gasteiger partial charge in [0.15, 0.2) is 5.69 Å². The number of aromatic nitrogens is 3. The van der Waals surface area contributed by atoms with Gasteiger partial charge in [-0.25, -0.2) is 4.68 Å². The Morgan fingerprint density at radius 1 is 1.33 bits per heavy atom. The maximum atomic E-state index is 12.4. The van der Waals surface area contributed by atoms with Crippen molar-refractivity contribution in [3.8, 4) is 5.69 Å². The molecule has 2 aromatic rings. The van der Waals surface area contributed by atoms with Crippen LogP contribution < -0.4 is 10.6 Å². The highest BCUT2D eigenvalue weighted by Gasteiger charge is 2.27. The van der Waals surface area contributed by atoms with Crippen LogP contribution in [0.4, 0.5) is 0 Å². The molecule has 1 unspecified atom stereocenters. The molecule has 1 aromatic heterocycles. The summed E-state index contributed by atoms with van der Waals surface area (Å²) in [5.41, 5.74) is 1.32. The highest BCUT2D eigenvalue weighted by atomic mass is 35.5. The summed E-state index contributed by atoms with van der Waals surface area (Å²) in [4.78, 5) is 39.4. The van der Waals surface area contributed by atoms with Gasteiger partial charge in [0.25, 0.3) is 11.8 Å². The molecule has 0 saturated carbocycles. The van der Waals surface area contributed by atoms with E-state index in [-0.39, 0.29) is 24.5 Å². The van der Waals surface area contributed by atoms with Crippen LogP contribution in [0.25, 0.3) is 5.69 Å². The molecule has 1 aliphatic rings. The smallest absolute Gasteiger partial charge is 0.273 e. The Balaban J connectivity index is 1.64. The highest BCUT2D eigenvalue weighted by molar-refractivity contribution is 6.32.